The van der Waals surface area contributed by atoms with E-state index in [-0.39, 0.29) is 16.9 Å². The summed E-state index contributed by atoms with van der Waals surface area (Å²) in [6.07, 6.45) is 5.85. The third-order valence-corrected chi connectivity index (χ3v) is 6.31. The number of hydrogen-bond acceptors (Lipinski definition) is 8. The molecule has 4 rings (SSSR count). The molecule has 1 aliphatic rings. The minimum absolute atomic E-state index is 0.0966. The maximum absolute atomic E-state index is 13.5. The van der Waals surface area contributed by atoms with Crippen molar-refractivity contribution in [3.8, 4) is 6.07 Å². The van der Waals surface area contributed by atoms with E-state index in [2.05, 4.69) is 20.2 Å². The Morgan fingerprint density at radius 1 is 1.24 bits per heavy atom. The van der Waals surface area contributed by atoms with Crippen molar-refractivity contribution in [3.63, 3.8) is 0 Å². The average molecular weight is 467 g/mol. The number of nitriles is 1. The topological polar surface area (TPSA) is 126 Å². The fourth-order valence-corrected chi connectivity index (χ4v) is 4.56. The molecule has 3 N–H and O–H groups in total. The van der Waals surface area contributed by atoms with Gasteiger partial charge in [-0.2, -0.15) is 5.26 Å². The second kappa shape index (κ2) is 10.1. The lowest BCUT2D eigenvalue weighted by Gasteiger charge is -2.27. The van der Waals surface area contributed by atoms with Crippen LogP contribution in [0.2, 0.25) is 5.02 Å². The van der Waals surface area contributed by atoms with Crippen molar-refractivity contribution in [1.29, 1.82) is 5.26 Å². The van der Waals surface area contributed by atoms with Gasteiger partial charge < -0.3 is 16.0 Å². The van der Waals surface area contributed by atoms with E-state index in [1.54, 1.807) is 22.8 Å². The van der Waals surface area contributed by atoms with Crippen LogP contribution >= 0.6 is 11.6 Å². The number of rotatable bonds is 7. The van der Waals surface area contributed by atoms with Gasteiger partial charge in [-0.1, -0.05) is 24.1 Å². The SMILES string of the molecule is C[C@H](Nc1ncnc(N)c1C#N)c1nc2cccc(Cl)c2c(=O)n1CCCN1CCCCC1. The normalized spacial score (nSPS) is 15.3. The molecule has 3 heterocycles. The van der Waals surface area contributed by atoms with Crippen LogP contribution in [-0.4, -0.2) is 44.1 Å². The first-order chi connectivity index (χ1) is 16.0. The van der Waals surface area contributed by atoms with E-state index in [9.17, 15) is 10.1 Å². The van der Waals surface area contributed by atoms with E-state index in [1.165, 1.54) is 25.6 Å². The first kappa shape index (κ1) is 23.0. The number of piperidine rings is 1. The first-order valence-corrected chi connectivity index (χ1v) is 11.6. The zero-order valence-electron chi connectivity index (χ0n) is 18.6. The van der Waals surface area contributed by atoms with Crippen LogP contribution in [-0.2, 0) is 6.54 Å². The van der Waals surface area contributed by atoms with Crippen LogP contribution in [0.1, 0.15) is 50.0 Å². The van der Waals surface area contributed by atoms with Crippen LogP contribution in [0.3, 0.4) is 0 Å². The van der Waals surface area contributed by atoms with E-state index < -0.39 is 6.04 Å². The Kier molecular flexibility index (Phi) is 7.06. The molecule has 1 saturated heterocycles. The summed E-state index contributed by atoms with van der Waals surface area (Å²) in [5.74, 6) is 0.951. The molecule has 10 heteroatoms. The average Bonchev–Trinajstić information content (AvgIpc) is 2.81. The minimum Gasteiger partial charge on any atom is -0.382 e. The van der Waals surface area contributed by atoms with Crippen molar-refractivity contribution in [2.24, 2.45) is 0 Å². The van der Waals surface area contributed by atoms with Gasteiger partial charge in [-0.3, -0.25) is 9.36 Å². The maximum Gasteiger partial charge on any atom is 0.262 e. The summed E-state index contributed by atoms with van der Waals surface area (Å²) in [6.45, 7) is 5.52. The van der Waals surface area contributed by atoms with Crippen LogP contribution < -0.4 is 16.6 Å². The van der Waals surface area contributed by atoms with Gasteiger partial charge in [0.1, 0.15) is 35.4 Å². The molecule has 1 aliphatic heterocycles. The molecule has 0 aliphatic carbocycles. The fraction of sp³-hybridized carbons (Fsp3) is 0.435. The maximum atomic E-state index is 13.5. The number of nitrogens with one attached hydrogen (secondary N) is 1. The molecular formula is C23H27ClN8O. The Balaban J connectivity index is 1.68. The second-order valence-corrected chi connectivity index (χ2v) is 8.68. The number of benzene rings is 1. The Morgan fingerprint density at radius 3 is 2.79 bits per heavy atom. The van der Waals surface area contributed by atoms with Gasteiger partial charge >= 0.3 is 0 Å². The van der Waals surface area contributed by atoms with E-state index >= 15 is 0 Å². The molecule has 172 valence electrons. The van der Waals surface area contributed by atoms with Crippen LogP contribution in [0, 0.1) is 11.3 Å². The molecule has 3 aromatic rings. The number of halogens is 1. The van der Waals surface area contributed by atoms with Crippen molar-refractivity contribution in [1.82, 2.24) is 24.4 Å². The Labute approximate surface area is 197 Å². The Bertz CT molecular complexity index is 1250. The molecule has 0 bridgehead atoms. The number of likely N-dealkylation sites (tertiary alicyclic amines) is 1. The molecular weight excluding hydrogens is 440 g/mol. The van der Waals surface area contributed by atoms with Crippen molar-refractivity contribution < 1.29 is 0 Å². The summed E-state index contributed by atoms with van der Waals surface area (Å²) in [4.78, 5) is 28.7. The van der Waals surface area contributed by atoms with Crippen LogP contribution in [0.4, 0.5) is 11.6 Å². The van der Waals surface area contributed by atoms with Gasteiger partial charge in [-0.25, -0.2) is 15.0 Å². The zero-order chi connectivity index (χ0) is 23.4. The number of fused-ring (bicyclic) bond motifs is 1. The molecule has 1 aromatic carbocycles. The molecule has 0 unspecified atom stereocenters. The summed E-state index contributed by atoms with van der Waals surface area (Å²) < 4.78 is 1.69. The molecule has 2 aromatic heterocycles. The van der Waals surface area contributed by atoms with Crippen molar-refractivity contribution in [2.75, 3.05) is 30.7 Å². The van der Waals surface area contributed by atoms with E-state index in [1.807, 2.05) is 13.0 Å². The monoisotopic (exact) mass is 466 g/mol. The van der Waals surface area contributed by atoms with Gasteiger partial charge in [0.25, 0.3) is 5.56 Å². The fourth-order valence-electron chi connectivity index (χ4n) is 4.31. The highest BCUT2D eigenvalue weighted by molar-refractivity contribution is 6.35. The van der Waals surface area contributed by atoms with Gasteiger partial charge in [0.15, 0.2) is 0 Å². The Hall–Kier alpha value is -3.22. The lowest BCUT2D eigenvalue weighted by Crippen LogP contribution is -2.33. The van der Waals surface area contributed by atoms with Gasteiger partial charge in [0.05, 0.1) is 22.0 Å². The summed E-state index contributed by atoms with van der Waals surface area (Å²) in [5, 5.41) is 13.4. The molecule has 1 atom stereocenters. The van der Waals surface area contributed by atoms with E-state index in [4.69, 9.17) is 22.3 Å². The van der Waals surface area contributed by atoms with Crippen molar-refractivity contribution in [3.05, 3.63) is 51.3 Å². The van der Waals surface area contributed by atoms with Gasteiger partial charge in [-0.05, 0) is 58.0 Å². The molecule has 9 nitrogen and oxygen atoms in total. The van der Waals surface area contributed by atoms with E-state index in [0.717, 1.165) is 26.1 Å². The lowest BCUT2D eigenvalue weighted by atomic mass is 10.1. The number of nitrogens with two attached hydrogens (primary N) is 1. The minimum atomic E-state index is -0.419. The standard InChI is InChI=1S/C23H27ClN8O/c1-15(29-21-16(13-25)20(26)27-14-28-21)22-30-18-8-5-7-17(24)19(18)23(33)32(22)12-6-11-31-9-3-2-4-10-31/h5,7-8,14-15H,2-4,6,9-12H2,1H3,(H3,26,27,28,29)/t15-/m0/s1. The molecule has 0 amide bonds. The summed E-state index contributed by atoms with van der Waals surface area (Å²) >= 11 is 6.36. The number of nitrogen functional groups attached to an aromatic ring is 1. The highest BCUT2D eigenvalue weighted by Crippen LogP contribution is 2.24. The summed E-state index contributed by atoms with van der Waals surface area (Å²) in [7, 11) is 0. The zero-order valence-corrected chi connectivity index (χ0v) is 19.3. The van der Waals surface area contributed by atoms with Gasteiger partial charge in [-0.15, -0.1) is 0 Å². The number of aromatic nitrogens is 4. The van der Waals surface area contributed by atoms with E-state index in [0.29, 0.717) is 34.1 Å². The van der Waals surface area contributed by atoms with Crippen molar-refractivity contribution >= 4 is 34.1 Å². The molecule has 0 radical (unpaired) electrons. The van der Waals surface area contributed by atoms with Gasteiger partial charge in [0, 0.05) is 6.54 Å². The number of nitrogens with zero attached hydrogens (tertiary/aromatic N) is 6. The molecule has 0 spiro atoms. The summed E-state index contributed by atoms with van der Waals surface area (Å²) in [6, 6.07) is 6.87. The third-order valence-electron chi connectivity index (χ3n) is 6.00. The number of hydrogen-bond donors (Lipinski definition) is 2. The Morgan fingerprint density at radius 2 is 2.03 bits per heavy atom. The lowest BCUT2D eigenvalue weighted by molar-refractivity contribution is 0.222. The van der Waals surface area contributed by atoms with Crippen LogP contribution in [0.25, 0.3) is 10.9 Å². The van der Waals surface area contributed by atoms with Gasteiger partial charge in [0.2, 0.25) is 0 Å². The third kappa shape index (κ3) is 4.92. The largest absolute Gasteiger partial charge is 0.382 e. The molecule has 1 fully saturated rings. The smallest absolute Gasteiger partial charge is 0.262 e. The predicted molar refractivity (Wildman–Crippen MR) is 129 cm³/mol. The first-order valence-electron chi connectivity index (χ1n) is 11.2. The van der Waals surface area contributed by atoms with Crippen molar-refractivity contribution in [2.45, 2.75) is 45.2 Å². The quantitative estimate of drug-likeness (QED) is 0.542. The molecule has 0 saturated carbocycles. The van der Waals surface area contributed by atoms with Crippen LogP contribution in [0.15, 0.2) is 29.3 Å². The molecule has 33 heavy (non-hydrogen) atoms. The highest BCUT2D eigenvalue weighted by atomic mass is 35.5. The summed E-state index contributed by atoms with van der Waals surface area (Å²) in [5.41, 5.74) is 6.35. The van der Waals surface area contributed by atoms with Crippen LogP contribution in [0.5, 0.6) is 0 Å². The predicted octanol–water partition coefficient (Wildman–Crippen LogP) is 3.34. The highest BCUT2D eigenvalue weighted by Gasteiger charge is 2.20. The second-order valence-electron chi connectivity index (χ2n) is 8.28. The number of anilines is 2.